The highest BCUT2D eigenvalue weighted by Crippen LogP contribution is 2.23. The van der Waals surface area contributed by atoms with Crippen LogP contribution in [0.3, 0.4) is 0 Å². The van der Waals surface area contributed by atoms with Crippen LogP contribution in [-0.2, 0) is 4.74 Å². The van der Waals surface area contributed by atoms with E-state index >= 15 is 0 Å². The number of hydrogen-bond acceptors (Lipinski definition) is 3. The molecule has 1 unspecified atom stereocenters. The normalized spacial score (nSPS) is 12.4. The Morgan fingerprint density at radius 2 is 2.00 bits per heavy atom. The van der Waals surface area contributed by atoms with Crippen molar-refractivity contribution < 1.29 is 9.47 Å². The molecule has 0 amide bonds. The van der Waals surface area contributed by atoms with E-state index in [2.05, 4.69) is 25.2 Å². The molecule has 0 aliphatic rings. The fourth-order valence-corrected chi connectivity index (χ4v) is 1.83. The Morgan fingerprint density at radius 3 is 2.72 bits per heavy atom. The Bertz CT molecular complexity index is 328. The maximum Gasteiger partial charge on any atom is 0.123 e. The number of methoxy groups -OCH3 is 1. The van der Waals surface area contributed by atoms with Gasteiger partial charge in [0.15, 0.2) is 0 Å². The van der Waals surface area contributed by atoms with Gasteiger partial charge >= 0.3 is 0 Å². The Labute approximate surface area is 110 Å². The lowest BCUT2D eigenvalue weighted by molar-refractivity contribution is 0.131. The van der Waals surface area contributed by atoms with E-state index in [1.165, 1.54) is 12.0 Å². The molecular weight excluding hydrogens is 226 g/mol. The number of hydrogen-bond donors (Lipinski definition) is 1. The summed E-state index contributed by atoms with van der Waals surface area (Å²) < 4.78 is 10.9. The zero-order chi connectivity index (χ0) is 13.2. The van der Waals surface area contributed by atoms with Crippen LogP contribution in [0.5, 0.6) is 5.75 Å². The maximum atomic E-state index is 5.52. The van der Waals surface area contributed by atoms with Gasteiger partial charge in [-0.25, -0.2) is 0 Å². The maximum absolute atomic E-state index is 5.52. The molecule has 18 heavy (non-hydrogen) atoms. The van der Waals surface area contributed by atoms with Gasteiger partial charge in [-0.2, -0.15) is 0 Å². The highest BCUT2D eigenvalue weighted by molar-refractivity contribution is 5.35. The Morgan fingerprint density at radius 1 is 1.22 bits per heavy atom. The second kappa shape index (κ2) is 8.95. The lowest BCUT2D eigenvalue weighted by Crippen LogP contribution is -2.23. The topological polar surface area (TPSA) is 30.5 Å². The Kier molecular flexibility index (Phi) is 7.46. The summed E-state index contributed by atoms with van der Waals surface area (Å²) in [6, 6.07) is 8.38. The molecule has 3 nitrogen and oxygen atoms in total. The molecule has 0 radical (unpaired) electrons. The number of unbranched alkanes of at least 4 members (excludes halogenated alkanes) is 1. The molecule has 0 aliphatic heterocycles. The van der Waals surface area contributed by atoms with Crippen molar-refractivity contribution in [2.24, 2.45) is 0 Å². The van der Waals surface area contributed by atoms with E-state index in [-0.39, 0.29) is 6.04 Å². The quantitative estimate of drug-likeness (QED) is 0.684. The van der Waals surface area contributed by atoms with Gasteiger partial charge in [0, 0.05) is 24.8 Å². The molecule has 0 spiro atoms. The minimum atomic E-state index is 0.274. The van der Waals surface area contributed by atoms with E-state index in [9.17, 15) is 0 Å². The van der Waals surface area contributed by atoms with Crippen LogP contribution in [0.15, 0.2) is 24.3 Å². The third kappa shape index (κ3) is 5.07. The van der Waals surface area contributed by atoms with Crippen molar-refractivity contribution in [2.75, 3.05) is 26.9 Å². The molecule has 1 aromatic carbocycles. The van der Waals surface area contributed by atoms with Gasteiger partial charge in [-0.05, 0) is 19.4 Å². The van der Waals surface area contributed by atoms with Gasteiger partial charge in [-0.1, -0.05) is 31.5 Å². The number of nitrogens with one attached hydrogen (secondary N) is 1. The van der Waals surface area contributed by atoms with E-state index in [1.807, 2.05) is 18.2 Å². The first-order valence-corrected chi connectivity index (χ1v) is 6.73. The molecule has 0 aliphatic carbocycles. The molecule has 3 heteroatoms. The van der Waals surface area contributed by atoms with E-state index in [4.69, 9.17) is 9.47 Å². The first-order chi connectivity index (χ1) is 8.79. The second-order valence-corrected chi connectivity index (χ2v) is 4.38. The van der Waals surface area contributed by atoms with Crippen molar-refractivity contribution in [3.05, 3.63) is 29.8 Å². The monoisotopic (exact) mass is 251 g/mol. The highest BCUT2D eigenvalue weighted by Gasteiger charge is 2.09. The lowest BCUT2D eigenvalue weighted by atomic mass is 10.1. The van der Waals surface area contributed by atoms with Crippen molar-refractivity contribution in [1.29, 1.82) is 0 Å². The molecule has 0 aromatic heterocycles. The molecule has 102 valence electrons. The first kappa shape index (κ1) is 15.0. The lowest BCUT2D eigenvalue weighted by Gasteiger charge is -2.17. The molecule has 1 atom stereocenters. The van der Waals surface area contributed by atoms with E-state index in [0.29, 0.717) is 0 Å². The van der Waals surface area contributed by atoms with Crippen LogP contribution < -0.4 is 10.1 Å². The summed E-state index contributed by atoms with van der Waals surface area (Å²) in [6.45, 7) is 6.80. The highest BCUT2D eigenvalue weighted by atomic mass is 16.5. The van der Waals surface area contributed by atoms with Gasteiger partial charge in [-0.3, -0.25) is 0 Å². The fourth-order valence-electron chi connectivity index (χ4n) is 1.83. The van der Waals surface area contributed by atoms with Crippen LogP contribution in [0, 0.1) is 0 Å². The standard InChI is InChI=1S/C15H25NO2/c1-4-5-11-18-12-10-16-13(2)14-8-6-7-9-15(14)17-3/h6-9,13,16H,4-5,10-12H2,1-3H3. The largest absolute Gasteiger partial charge is 0.496 e. The fraction of sp³-hybridized carbons (Fsp3) is 0.600. The number of ether oxygens (including phenoxy) is 2. The Hall–Kier alpha value is -1.06. The average molecular weight is 251 g/mol. The van der Waals surface area contributed by atoms with Crippen LogP contribution in [0.2, 0.25) is 0 Å². The van der Waals surface area contributed by atoms with Crippen LogP contribution in [0.25, 0.3) is 0 Å². The first-order valence-electron chi connectivity index (χ1n) is 6.73. The van der Waals surface area contributed by atoms with Crippen molar-refractivity contribution in [1.82, 2.24) is 5.32 Å². The van der Waals surface area contributed by atoms with Crippen molar-refractivity contribution in [3.8, 4) is 5.75 Å². The van der Waals surface area contributed by atoms with Gasteiger partial charge < -0.3 is 14.8 Å². The van der Waals surface area contributed by atoms with Gasteiger partial charge in [0.05, 0.1) is 13.7 Å². The van der Waals surface area contributed by atoms with Crippen molar-refractivity contribution in [3.63, 3.8) is 0 Å². The SMILES string of the molecule is CCCCOCCNC(C)c1ccccc1OC. The molecular formula is C15H25NO2. The molecule has 1 rings (SSSR count). The summed E-state index contributed by atoms with van der Waals surface area (Å²) in [5.41, 5.74) is 1.19. The van der Waals surface area contributed by atoms with Crippen LogP contribution in [0.4, 0.5) is 0 Å². The number of rotatable bonds is 9. The average Bonchev–Trinajstić information content (AvgIpc) is 2.42. The van der Waals surface area contributed by atoms with Crippen LogP contribution >= 0.6 is 0 Å². The predicted molar refractivity (Wildman–Crippen MR) is 75.1 cm³/mol. The molecule has 1 N–H and O–H groups in total. The minimum absolute atomic E-state index is 0.274. The second-order valence-electron chi connectivity index (χ2n) is 4.38. The Balaban J connectivity index is 2.29. The molecule has 0 saturated heterocycles. The number of benzene rings is 1. The summed E-state index contributed by atoms with van der Waals surface area (Å²) in [5.74, 6) is 0.935. The van der Waals surface area contributed by atoms with Gasteiger partial charge in [0.25, 0.3) is 0 Å². The summed E-state index contributed by atoms with van der Waals surface area (Å²) in [7, 11) is 1.71. The van der Waals surface area contributed by atoms with E-state index in [0.717, 1.165) is 31.9 Å². The van der Waals surface area contributed by atoms with E-state index < -0.39 is 0 Å². The third-order valence-electron chi connectivity index (χ3n) is 2.94. The summed E-state index contributed by atoms with van der Waals surface area (Å²) in [4.78, 5) is 0. The molecule has 0 fully saturated rings. The van der Waals surface area contributed by atoms with Crippen molar-refractivity contribution in [2.45, 2.75) is 32.7 Å². The molecule has 1 aromatic rings. The van der Waals surface area contributed by atoms with Crippen LogP contribution in [0.1, 0.15) is 38.3 Å². The van der Waals surface area contributed by atoms with Gasteiger partial charge in [-0.15, -0.1) is 0 Å². The minimum Gasteiger partial charge on any atom is -0.496 e. The van der Waals surface area contributed by atoms with E-state index in [1.54, 1.807) is 7.11 Å². The van der Waals surface area contributed by atoms with Crippen molar-refractivity contribution >= 4 is 0 Å². The molecule has 0 bridgehead atoms. The molecule has 0 saturated carbocycles. The zero-order valence-electron chi connectivity index (χ0n) is 11.7. The zero-order valence-corrected chi connectivity index (χ0v) is 11.7. The van der Waals surface area contributed by atoms with Gasteiger partial charge in [0.2, 0.25) is 0 Å². The summed E-state index contributed by atoms with van der Waals surface area (Å²) in [5, 5.41) is 3.45. The number of para-hydroxylation sites is 1. The predicted octanol–water partition coefficient (Wildman–Crippen LogP) is 3.16. The summed E-state index contributed by atoms with van der Waals surface area (Å²) in [6.07, 6.45) is 2.33. The summed E-state index contributed by atoms with van der Waals surface area (Å²) >= 11 is 0. The third-order valence-corrected chi connectivity index (χ3v) is 2.94. The smallest absolute Gasteiger partial charge is 0.123 e. The molecule has 0 heterocycles. The van der Waals surface area contributed by atoms with Gasteiger partial charge in [0.1, 0.15) is 5.75 Å². The van der Waals surface area contributed by atoms with Crippen LogP contribution in [-0.4, -0.2) is 26.9 Å².